The number of para-hydroxylation sites is 1. The zero-order valence-electron chi connectivity index (χ0n) is 14.8. The van der Waals surface area contributed by atoms with E-state index in [2.05, 4.69) is 0 Å². The van der Waals surface area contributed by atoms with Crippen molar-refractivity contribution in [2.24, 2.45) is 5.73 Å². The van der Waals surface area contributed by atoms with Gasteiger partial charge in [0.15, 0.2) is 0 Å². The second-order valence-corrected chi connectivity index (χ2v) is 6.01. The van der Waals surface area contributed by atoms with Gasteiger partial charge >= 0.3 is 0 Å². The van der Waals surface area contributed by atoms with E-state index in [1.54, 1.807) is 48.5 Å². The third-order valence-corrected chi connectivity index (χ3v) is 4.21. The Kier molecular flexibility index (Phi) is 7.81. The van der Waals surface area contributed by atoms with E-state index in [1.165, 1.54) is 4.90 Å². The fourth-order valence-corrected chi connectivity index (χ4v) is 2.85. The van der Waals surface area contributed by atoms with Gasteiger partial charge in [0.25, 0.3) is 5.91 Å². The fraction of sp³-hybridized carbons (Fsp3) is 0.250. The first-order valence-corrected chi connectivity index (χ1v) is 8.65. The molecule has 0 aromatic heterocycles. The van der Waals surface area contributed by atoms with Crippen LogP contribution in [0.25, 0.3) is 0 Å². The molecular formula is C20H23N3O4. The standard InChI is InChI=1S/C20H23N3O4/c21-19(12-6-7-13-24)23(15-8-2-1-3-9-15)20(26)17-11-5-4-10-16(17)18(14-25)22-27/h1-5,8-11,13-14,18-19,22,27H,6-7,12,21H2. The Labute approximate surface area is 157 Å². The van der Waals surface area contributed by atoms with Crippen molar-refractivity contribution in [3.63, 3.8) is 0 Å². The van der Waals surface area contributed by atoms with Crippen molar-refractivity contribution in [2.75, 3.05) is 4.90 Å². The Bertz CT molecular complexity index is 767. The van der Waals surface area contributed by atoms with E-state index in [-0.39, 0.29) is 5.56 Å². The highest BCUT2D eigenvalue weighted by atomic mass is 16.5. The van der Waals surface area contributed by atoms with Gasteiger partial charge in [0, 0.05) is 17.7 Å². The topological polar surface area (TPSA) is 113 Å². The molecule has 0 aliphatic rings. The average Bonchev–Trinajstić information content (AvgIpc) is 2.70. The molecule has 0 aliphatic carbocycles. The maximum absolute atomic E-state index is 13.3. The highest BCUT2D eigenvalue weighted by Gasteiger charge is 2.27. The molecule has 0 heterocycles. The number of hydrogen-bond donors (Lipinski definition) is 3. The third-order valence-electron chi connectivity index (χ3n) is 4.21. The number of carbonyl (C=O) groups is 3. The maximum Gasteiger partial charge on any atom is 0.259 e. The predicted molar refractivity (Wildman–Crippen MR) is 101 cm³/mol. The van der Waals surface area contributed by atoms with E-state index >= 15 is 0 Å². The molecule has 4 N–H and O–H groups in total. The number of hydroxylamine groups is 1. The van der Waals surface area contributed by atoms with Gasteiger partial charge in [-0.2, -0.15) is 5.48 Å². The van der Waals surface area contributed by atoms with E-state index < -0.39 is 18.1 Å². The molecule has 142 valence electrons. The number of hydrogen-bond acceptors (Lipinski definition) is 6. The molecule has 2 aromatic rings. The zero-order valence-corrected chi connectivity index (χ0v) is 14.8. The molecule has 2 rings (SSSR count). The van der Waals surface area contributed by atoms with Crippen LogP contribution in [0.2, 0.25) is 0 Å². The van der Waals surface area contributed by atoms with Crippen molar-refractivity contribution in [3.8, 4) is 0 Å². The molecule has 2 atom stereocenters. The highest BCUT2D eigenvalue weighted by molar-refractivity contribution is 6.07. The molecular weight excluding hydrogens is 346 g/mol. The minimum atomic E-state index is -1.03. The molecule has 0 bridgehead atoms. The summed E-state index contributed by atoms with van der Waals surface area (Å²) >= 11 is 0. The minimum Gasteiger partial charge on any atom is -0.316 e. The summed E-state index contributed by atoms with van der Waals surface area (Å²) in [6.07, 6.45) is 2.05. The summed E-state index contributed by atoms with van der Waals surface area (Å²) in [6, 6.07) is 14.4. The summed E-state index contributed by atoms with van der Waals surface area (Å²) < 4.78 is 0. The summed E-state index contributed by atoms with van der Waals surface area (Å²) in [5.74, 6) is -0.391. The van der Waals surface area contributed by atoms with Crippen LogP contribution in [-0.4, -0.2) is 29.9 Å². The second-order valence-electron chi connectivity index (χ2n) is 6.01. The number of carbonyl (C=O) groups excluding carboxylic acids is 3. The van der Waals surface area contributed by atoms with E-state index in [0.29, 0.717) is 36.8 Å². The normalized spacial score (nSPS) is 12.8. The Balaban J connectivity index is 2.43. The molecule has 0 saturated heterocycles. The molecule has 7 heteroatoms. The third kappa shape index (κ3) is 5.07. The van der Waals surface area contributed by atoms with Gasteiger partial charge in [-0.15, -0.1) is 0 Å². The number of nitrogens with one attached hydrogen (secondary N) is 1. The summed E-state index contributed by atoms with van der Waals surface area (Å²) in [5, 5.41) is 9.23. The van der Waals surface area contributed by atoms with Crippen molar-refractivity contribution < 1.29 is 19.6 Å². The Morgan fingerprint density at radius 1 is 1.11 bits per heavy atom. The number of anilines is 1. The Morgan fingerprint density at radius 3 is 2.41 bits per heavy atom. The van der Waals surface area contributed by atoms with Crippen LogP contribution in [-0.2, 0) is 9.59 Å². The molecule has 0 radical (unpaired) electrons. The minimum absolute atomic E-state index is 0.255. The molecule has 0 aliphatic heterocycles. The van der Waals surface area contributed by atoms with Crippen LogP contribution >= 0.6 is 0 Å². The van der Waals surface area contributed by atoms with E-state index in [1.807, 2.05) is 11.5 Å². The van der Waals surface area contributed by atoms with Gasteiger partial charge in [0.1, 0.15) is 18.6 Å². The number of amides is 1. The molecule has 0 spiro atoms. The zero-order chi connectivity index (χ0) is 19.6. The van der Waals surface area contributed by atoms with Crippen molar-refractivity contribution in [2.45, 2.75) is 31.5 Å². The van der Waals surface area contributed by atoms with Crippen LogP contribution in [0.15, 0.2) is 54.6 Å². The van der Waals surface area contributed by atoms with Gasteiger partial charge in [-0.3, -0.25) is 9.69 Å². The SMILES string of the molecule is NC(CCCC=O)N(C(=O)c1ccccc1C(C=O)NO)c1ccccc1. The first-order valence-electron chi connectivity index (χ1n) is 8.65. The number of nitrogens with two attached hydrogens (primary N) is 1. The quantitative estimate of drug-likeness (QED) is 0.256. The van der Waals surface area contributed by atoms with Gasteiger partial charge in [-0.1, -0.05) is 36.4 Å². The first-order chi connectivity index (χ1) is 13.1. The van der Waals surface area contributed by atoms with Crippen molar-refractivity contribution in [3.05, 3.63) is 65.7 Å². The van der Waals surface area contributed by atoms with E-state index in [9.17, 15) is 19.6 Å². The van der Waals surface area contributed by atoms with Gasteiger partial charge < -0.3 is 20.5 Å². The molecule has 0 fully saturated rings. The van der Waals surface area contributed by atoms with Crippen molar-refractivity contribution >= 4 is 24.2 Å². The summed E-state index contributed by atoms with van der Waals surface area (Å²) in [4.78, 5) is 36.6. The fourth-order valence-electron chi connectivity index (χ4n) is 2.85. The second kappa shape index (κ2) is 10.3. The maximum atomic E-state index is 13.3. The molecule has 0 saturated carbocycles. The smallest absolute Gasteiger partial charge is 0.259 e. The van der Waals surface area contributed by atoms with Crippen LogP contribution in [0.1, 0.15) is 41.2 Å². The number of nitrogens with zero attached hydrogens (tertiary/aromatic N) is 1. The Hall–Kier alpha value is -2.87. The lowest BCUT2D eigenvalue weighted by molar-refractivity contribution is -0.112. The number of benzene rings is 2. The van der Waals surface area contributed by atoms with Crippen LogP contribution in [0, 0.1) is 0 Å². The Morgan fingerprint density at radius 2 is 1.78 bits per heavy atom. The van der Waals surface area contributed by atoms with Crippen LogP contribution in [0.3, 0.4) is 0 Å². The molecule has 7 nitrogen and oxygen atoms in total. The molecule has 2 aromatic carbocycles. The van der Waals surface area contributed by atoms with Crippen LogP contribution in [0.5, 0.6) is 0 Å². The number of aldehydes is 2. The summed E-state index contributed by atoms with van der Waals surface area (Å²) in [7, 11) is 0. The number of unbranched alkanes of at least 4 members (excludes halogenated alkanes) is 1. The number of rotatable bonds is 10. The van der Waals surface area contributed by atoms with Gasteiger partial charge in [-0.05, 0) is 36.6 Å². The first kappa shape index (κ1) is 20.4. The molecule has 1 amide bonds. The lowest BCUT2D eigenvalue weighted by Crippen LogP contribution is -2.46. The van der Waals surface area contributed by atoms with Crippen LogP contribution in [0.4, 0.5) is 5.69 Å². The lowest BCUT2D eigenvalue weighted by Gasteiger charge is -2.30. The summed E-state index contributed by atoms with van der Waals surface area (Å²) in [5.41, 5.74) is 9.39. The molecule has 27 heavy (non-hydrogen) atoms. The predicted octanol–water partition coefficient (Wildman–Crippen LogP) is 2.21. The highest BCUT2D eigenvalue weighted by Crippen LogP contribution is 2.24. The monoisotopic (exact) mass is 369 g/mol. The van der Waals surface area contributed by atoms with Crippen molar-refractivity contribution in [1.29, 1.82) is 0 Å². The summed E-state index contributed by atoms with van der Waals surface area (Å²) in [6.45, 7) is 0. The van der Waals surface area contributed by atoms with E-state index in [4.69, 9.17) is 5.73 Å². The lowest BCUT2D eigenvalue weighted by atomic mass is 9.99. The molecule has 2 unspecified atom stereocenters. The largest absolute Gasteiger partial charge is 0.316 e. The average molecular weight is 369 g/mol. The van der Waals surface area contributed by atoms with Gasteiger partial charge in [0.2, 0.25) is 0 Å². The van der Waals surface area contributed by atoms with Gasteiger partial charge in [0.05, 0.1) is 6.17 Å². The van der Waals surface area contributed by atoms with Gasteiger partial charge in [-0.25, -0.2) is 0 Å². The van der Waals surface area contributed by atoms with Crippen molar-refractivity contribution in [1.82, 2.24) is 5.48 Å². The van der Waals surface area contributed by atoms with E-state index in [0.717, 1.165) is 6.29 Å². The van der Waals surface area contributed by atoms with Crippen LogP contribution < -0.4 is 16.1 Å².